The summed E-state index contributed by atoms with van der Waals surface area (Å²) in [5, 5.41) is 8.58. The first-order chi connectivity index (χ1) is 6.52. The molecular formula is C9H9F2NO2. The minimum atomic E-state index is -2.50. The molecule has 14 heavy (non-hydrogen) atoms. The highest BCUT2D eigenvalue weighted by Gasteiger charge is 2.18. The molecule has 5 heteroatoms. The number of aromatic carboxylic acids is 1. The van der Waals surface area contributed by atoms with Crippen LogP contribution in [-0.4, -0.2) is 22.5 Å². The van der Waals surface area contributed by atoms with Gasteiger partial charge in [0.05, 0.1) is 0 Å². The number of halogens is 2. The number of nitrogens with zero attached hydrogens (tertiary/aromatic N) is 1. The highest BCUT2D eigenvalue weighted by atomic mass is 19.3. The Hall–Kier alpha value is -1.52. The van der Waals surface area contributed by atoms with Gasteiger partial charge in [-0.1, -0.05) is 6.92 Å². The number of carboxylic acid groups (broad SMARTS) is 1. The summed E-state index contributed by atoms with van der Waals surface area (Å²) >= 11 is 0. The van der Waals surface area contributed by atoms with E-state index in [0.29, 0.717) is 0 Å². The van der Waals surface area contributed by atoms with Gasteiger partial charge in [-0.2, -0.15) is 0 Å². The monoisotopic (exact) mass is 201 g/mol. The number of carboxylic acids is 1. The molecule has 0 radical (unpaired) electrons. The lowest BCUT2D eigenvalue weighted by Crippen LogP contribution is -2.07. The fraction of sp³-hybridized carbons (Fsp3) is 0.333. The van der Waals surface area contributed by atoms with E-state index in [0.717, 1.165) is 0 Å². The van der Waals surface area contributed by atoms with Crippen LogP contribution in [0.2, 0.25) is 0 Å². The molecule has 0 aliphatic carbocycles. The van der Waals surface area contributed by atoms with Crippen LogP contribution in [0.5, 0.6) is 0 Å². The summed E-state index contributed by atoms with van der Waals surface area (Å²) in [5.41, 5.74) is 0.0717. The second-order valence-electron chi connectivity index (χ2n) is 2.90. The van der Waals surface area contributed by atoms with Gasteiger partial charge in [0.1, 0.15) is 5.69 Å². The maximum absolute atomic E-state index is 12.3. The minimum absolute atomic E-state index is 0.213. The number of hydrogen-bond donors (Lipinski definition) is 1. The number of aromatic nitrogens is 1. The predicted octanol–water partition coefficient (Wildman–Crippen LogP) is 2.15. The van der Waals surface area contributed by atoms with E-state index in [1.165, 1.54) is 25.3 Å². The lowest BCUT2D eigenvalue weighted by molar-refractivity contribution is 0.0689. The van der Waals surface area contributed by atoms with Gasteiger partial charge in [0, 0.05) is 12.1 Å². The molecule has 1 atom stereocenters. The van der Waals surface area contributed by atoms with E-state index in [2.05, 4.69) is 4.98 Å². The zero-order valence-electron chi connectivity index (χ0n) is 7.45. The maximum atomic E-state index is 12.3. The first-order valence-electron chi connectivity index (χ1n) is 3.99. The normalized spacial score (nSPS) is 12.9. The second kappa shape index (κ2) is 4.13. The molecule has 1 aromatic rings. The SMILES string of the molecule is CC(c1ccnc(C(=O)O)c1)C(F)F. The molecule has 1 aromatic heterocycles. The summed E-state index contributed by atoms with van der Waals surface area (Å²) in [6.45, 7) is 1.34. The van der Waals surface area contributed by atoms with Gasteiger partial charge in [-0.3, -0.25) is 0 Å². The predicted molar refractivity (Wildman–Crippen MR) is 45.6 cm³/mol. The van der Waals surface area contributed by atoms with Crippen molar-refractivity contribution in [1.29, 1.82) is 0 Å². The van der Waals surface area contributed by atoms with Crippen molar-refractivity contribution in [3.8, 4) is 0 Å². The molecule has 0 aliphatic heterocycles. The zero-order valence-corrected chi connectivity index (χ0v) is 7.45. The Morgan fingerprint density at radius 3 is 2.71 bits per heavy atom. The summed E-state index contributed by atoms with van der Waals surface area (Å²) in [5.74, 6) is -2.19. The Bertz CT molecular complexity index is 341. The number of alkyl halides is 2. The fourth-order valence-corrected chi connectivity index (χ4v) is 0.993. The average Bonchev–Trinajstić information content (AvgIpc) is 2.16. The standard InChI is InChI=1S/C9H9F2NO2/c1-5(8(10)11)6-2-3-12-7(4-6)9(13)14/h2-5,8H,1H3,(H,13,14). The van der Waals surface area contributed by atoms with Gasteiger partial charge in [0.15, 0.2) is 0 Å². The van der Waals surface area contributed by atoms with Crippen molar-refractivity contribution < 1.29 is 18.7 Å². The van der Waals surface area contributed by atoms with Crippen LogP contribution in [0.15, 0.2) is 18.3 Å². The summed E-state index contributed by atoms with van der Waals surface area (Å²) in [7, 11) is 0. The Kier molecular flexibility index (Phi) is 3.11. The Balaban J connectivity index is 2.99. The minimum Gasteiger partial charge on any atom is -0.477 e. The van der Waals surface area contributed by atoms with Crippen molar-refractivity contribution in [3.63, 3.8) is 0 Å². The highest BCUT2D eigenvalue weighted by Crippen LogP contribution is 2.22. The highest BCUT2D eigenvalue weighted by molar-refractivity contribution is 5.85. The lowest BCUT2D eigenvalue weighted by Gasteiger charge is -2.10. The Labute approximate surface area is 79.4 Å². The van der Waals surface area contributed by atoms with Crippen LogP contribution in [0.1, 0.15) is 28.9 Å². The van der Waals surface area contributed by atoms with E-state index in [1.54, 1.807) is 0 Å². The number of carbonyl (C=O) groups is 1. The molecule has 0 bridgehead atoms. The van der Waals surface area contributed by atoms with Gasteiger partial charge in [0.25, 0.3) is 0 Å². The van der Waals surface area contributed by atoms with E-state index >= 15 is 0 Å². The largest absolute Gasteiger partial charge is 0.477 e. The third-order valence-electron chi connectivity index (χ3n) is 1.91. The van der Waals surface area contributed by atoms with Crippen LogP contribution in [0.25, 0.3) is 0 Å². The third-order valence-corrected chi connectivity index (χ3v) is 1.91. The van der Waals surface area contributed by atoms with Gasteiger partial charge in [-0.15, -0.1) is 0 Å². The first-order valence-corrected chi connectivity index (χ1v) is 3.99. The van der Waals surface area contributed by atoms with Crippen molar-refractivity contribution in [2.45, 2.75) is 19.3 Å². The molecule has 1 unspecified atom stereocenters. The van der Waals surface area contributed by atoms with E-state index < -0.39 is 18.3 Å². The van der Waals surface area contributed by atoms with Crippen LogP contribution in [0.4, 0.5) is 8.78 Å². The topological polar surface area (TPSA) is 50.2 Å². The summed E-state index contributed by atoms with van der Waals surface area (Å²) < 4.78 is 24.6. The van der Waals surface area contributed by atoms with E-state index in [4.69, 9.17) is 5.11 Å². The van der Waals surface area contributed by atoms with E-state index in [1.807, 2.05) is 0 Å². The van der Waals surface area contributed by atoms with Crippen molar-refractivity contribution in [2.24, 2.45) is 0 Å². The molecule has 1 heterocycles. The molecule has 0 fully saturated rings. The van der Waals surface area contributed by atoms with Crippen molar-refractivity contribution >= 4 is 5.97 Å². The summed E-state index contributed by atoms with van der Waals surface area (Å²) in [6, 6.07) is 2.56. The van der Waals surface area contributed by atoms with Crippen LogP contribution in [0.3, 0.4) is 0 Å². The fourth-order valence-electron chi connectivity index (χ4n) is 0.993. The van der Waals surface area contributed by atoms with Gasteiger partial charge in [-0.25, -0.2) is 18.6 Å². The quantitative estimate of drug-likeness (QED) is 0.815. The number of hydrogen-bond acceptors (Lipinski definition) is 2. The van der Waals surface area contributed by atoms with Crippen LogP contribution in [0, 0.1) is 0 Å². The van der Waals surface area contributed by atoms with Crippen LogP contribution >= 0.6 is 0 Å². The summed E-state index contributed by atoms with van der Waals surface area (Å²) in [4.78, 5) is 14.0. The molecule has 0 saturated heterocycles. The Morgan fingerprint density at radius 2 is 2.21 bits per heavy atom. The molecule has 0 saturated carbocycles. The van der Waals surface area contributed by atoms with Gasteiger partial charge >= 0.3 is 5.97 Å². The molecule has 0 aliphatic rings. The first kappa shape index (κ1) is 10.6. The van der Waals surface area contributed by atoms with Crippen LogP contribution in [-0.2, 0) is 0 Å². The second-order valence-corrected chi connectivity index (χ2v) is 2.90. The number of rotatable bonds is 3. The lowest BCUT2D eigenvalue weighted by atomic mass is 10.0. The molecule has 76 valence electrons. The van der Waals surface area contributed by atoms with Gasteiger partial charge in [0.2, 0.25) is 6.43 Å². The molecule has 0 spiro atoms. The van der Waals surface area contributed by atoms with Gasteiger partial charge in [-0.05, 0) is 17.7 Å². The summed E-state index contributed by atoms with van der Waals surface area (Å²) in [6.07, 6.45) is -1.28. The maximum Gasteiger partial charge on any atom is 0.354 e. The van der Waals surface area contributed by atoms with Crippen LogP contribution < -0.4 is 0 Å². The Morgan fingerprint density at radius 1 is 1.57 bits per heavy atom. The molecule has 1 N–H and O–H groups in total. The van der Waals surface area contributed by atoms with Crippen molar-refractivity contribution in [3.05, 3.63) is 29.6 Å². The molecular weight excluding hydrogens is 192 g/mol. The third kappa shape index (κ3) is 2.25. The van der Waals surface area contributed by atoms with Gasteiger partial charge < -0.3 is 5.11 Å². The molecule has 0 amide bonds. The average molecular weight is 201 g/mol. The molecule has 0 aromatic carbocycles. The van der Waals surface area contributed by atoms with Crippen molar-refractivity contribution in [2.75, 3.05) is 0 Å². The van der Waals surface area contributed by atoms with E-state index in [9.17, 15) is 13.6 Å². The van der Waals surface area contributed by atoms with Crippen molar-refractivity contribution in [1.82, 2.24) is 4.98 Å². The molecule has 3 nitrogen and oxygen atoms in total. The molecule has 1 rings (SSSR count). The van der Waals surface area contributed by atoms with E-state index in [-0.39, 0.29) is 11.3 Å². The zero-order chi connectivity index (χ0) is 10.7. The number of pyridine rings is 1. The smallest absolute Gasteiger partial charge is 0.354 e.